The van der Waals surface area contributed by atoms with Crippen LogP contribution in [-0.4, -0.2) is 77.0 Å². The van der Waals surface area contributed by atoms with Crippen molar-refractivity contribution < 1.29 is 27.4 Å². The van der Waals surface area contributed by atoms with E-state index < -0.39 is 10.0 Å². The Morgan fingerprint density at radius 1 is 1.03 bits per heavy atom. The van der Waals surface area contributed by atoms with Crippen LogP contribution in [0.3, 0.4) is 0 Å². The minimum Gasteiger partial charge on any atom is -0.493 e. The molecule has 1 saturated heterocycles. The summed E-state index contributed by atoms with van der Waals surface area (Å²) in [5.41, 5.74) is 1.27. The van der Waals surface area contributed by atoms with Crippen LogP contribution in [0.5, 0.6) is 11.5 Å². The second kappa shape index (κ2) is 11.6. The summed E-state index contributed by atoms with van der Waals surface area (Å²) < 4.78 is 44.6. The summed E-state index contributed by atoms with van der Waals surface area (Å²) in [7, 11) is -0.662. The van der Waals surface area contributed by atoms with E-state index >= 15 is 0 Å². The Kier molecular flexibility index (Phi) is 8.85. The van der Waals surface area contributed by atoms with E-state index in [1.54, 1.807) is 38.5 Å². The lowest BCUT2D eigenvalue weighted by atomic mass is 10.2. The van der Waals surface area contributed by atoms with Crippen LogP contribution in [0.15, 0.2) is 47.4 Å². The molecule has 1 aliphatic rings. The summed E-state index contributed by atoms with van der Waals surface area (Å²) >= 11 is 0. The maximum Gasteiger partial charge on any atom is 0.243 e. The molecule has 1 aliphatic heterocycles. The highest BCUT2D eigenvalue weighted by atomic mass is 32.2. The molecule has 0 N–H and O–H groups in total. The zero-order valence-electron chi connectivity index (χ0n) is 19.5. The third-order valence-corrected chi connectivity index (χ3v) is 7.55. The lowest BCUT2D eigenvalue weighted by molar-refractivity contribution is 0.0368. The number of ether oxygens (including phenoxy) is 3. The summed E-state index contributed by atoms with van der Waals surface area (Å²) in [5, 5.41) is 0. The second-order valence-electron chi connectivity index (χ2n) is 7.92. The van der Waals surface area contributed by atoms with Crippen molar-refractivity contribution in [1.82, 2.24) is 9.21 Å². The first-order valence-electron chi connectivity index (χ1n) is 11.0. The van der Waals surface area contributed by atoms with E-state index in [2.05, 4.69) is 4.90 Å². The molecule has 2 aromatic carbocycles. The minimum absolute atomic E-state index is 0.105. The van der Waals surface area contributed by atoms with Crippen LogP contribution in [0.2, 0.25) is 0 Å². The highest BCUT2D eigenvalue weighted by molar-refractivity contribution is 7.89. The number of Topliss-reactive ketones (excluding diaryl/α,β-unsaturated/α-hetero) is 1. The number of nitrogens with zero attached hydrogens (tertiary/aromatic N) is 2. The lowest BCUT2D eigenvalue weighted by Crippen LogP contribution is -2.39. The van der Waals surface area contributed by atoms with Crippen molar-refractivity contribution in [3.63, 3.8) is 0 Å². The molecule has 0 atom stereocenters. The van der Waals surface area contributed by atoms with E-state index in [0.29, 0.717) is 43.2 Å². The quantitative estimate of drug-likeness (QED) is 0.461. The average molecular weight is 477 g/mol. The summed E-state index contributed by atoms with van der Waals surface area (Å²) in [4.78, 5) is 14.0. The van der Waals surface area contributed by atoms with Crippen LogP contribution < -0.4 is 9.47 Å². The highest BCUT2D eigenvalue weighted by Gasteiger charge is 2.25. The Hall–Kier alpha value is -2.46. The average Bonchev–Trinajstić information content (AvgIpc) is 2.84. The van der Waals surface area contributed by atoms with Gasteiger partial charge in [-0.2, -0.15) is 4.31 Å². The molecule has 3 rings (SSSR count). The van der Waals surface area contributed by atoms with Gasteiger partial charge >= 0.3 is 0 Å². The molecular weight excluding hydrogens is 444 g/mol. The number of carbonyl (C=O) groups is 1. The third-order valence-electron chi connectivity index (χ3n) is 5.69. The molecule has 0 unspecified atom stereocenters. The molecule has 0 radical (unpaired) electrons. The van der Waals surface area contributed by atoms with Gasteiger partial charge in [-0.05, 0) is 49.7 Å². The predicted molar refractivity (Wildman–Crippen MR) is 125 cm³/mol. The molecule has 9 heteroatoms. The summed E-state index contributed by atoms with van der Waals surface area (Å²) in [5.74, 6) is 1.03. The Morgan fingerprint density at radius 3 is 2.30 bits per heavy atom. The van der Waals surface area contributed by atoms with Gasteiger partial charge in [-0.15, -0.1) is 0 Å². The van der Waals surface area contributed by atoms with E-state index in [0.717, 1.165) is 25.2 Å². The van der Waals surface area contributed by atoms with Crippen LogP contribution >= 0.6 is 0 Å². The summed E-state index contributed by atoms with van der Waals surface area (Å²) in [6.45, 7) is 5.93. The van der Waals surface area contributed by atoms with E-state index in [1.165, 1.54) is 23.4 Å². The fraction of sp³-hybridized carbons (Fsp3) is 0.458. The van der Waals surface area contributed by atoms with Crippen LogP contribution in [0.1, 0.15) is 29.3 Å². The predicted octanol–water partition coefficient (Wildman–Crippen LogP) is 2.82. The van der Waals surface area contributed by atoms with E-state index in [4.69, 9.17) is 14.2 Å². The minimum atomic E-state index is -3.77. The number of hydrogen-bond acceptors (Lipinski definition) is 7. The van der Waals surface area contributed by atoms with E-state index in [1.807, 2.05) is 6.07 Å². The first-order chi connectivity index (χ1) is 15.8. The Labute approximate surface area is 196 Å². The van der Waals surface area contributed by atoms with Gasteiger partial charge in [0.25, 0.3) is 0 Å². The monoisotopic (exact) mass is 476 g/mol. The molecule has 1 heterocycles. The molecule has 0 saturated carbocycles. The molecular formula is C24H32N2O6S. The van der Waals surface area contributed by atoms with Gasteiger partial charge < -0.3 is 14.2 Å². The summed E-state index contributed by atoms with van der Waals surface area (Å²) in [6, 6.07) is 11.5. The molecule has 0 spiro atoms. The number of carbonyl (C=O) groups excluding carboxylic acids is 1. The smallest absolute Gasteiger partial charge is 0.243 e. The molecule has 0 aromatic heterocycles. The molecule has 180 valence electrons. The lowest BCUT2D eigenvalue weighted by Gasteiger charge is -2.28. The number of sulfonamides is 1. The first kappa shape index (κ1) is 25.2. The van der Waals surface area contributed by atoms with Crippen molar-refractivity contribution in [2.45, 2.75) is 24.8 Å². The maximum atomic E-state index is 13.5. The van der Waals surface area contributed by atoms with Gasteiger partial charge in [0, 0.05) is 31.7 Å². The molecule has 0 amide bonds. The van der Waals surface area contributed by atoms with E-state index in [9.17, 15) is 13.2 Å². The Bertz CT molecular complexity index is 1030. The highest BCUT2D eigenvalue weighted by Crippen LogP contribution is 2.29. The van der Waals surface area contributed by atoms with Crippen molar-refractivity contribution in [3.8, 4) is 11.5 Å². The van der Waals surface area contributed by atoms with E-state index in [-0.39, 0.29) is 17.2 Å². The van der Waals surface area contributed by atoms with Gasteiger partial charge in [-0.25, -0.2) is 8.42 Å². The van der Waals surface area contributed by atoms with Crippen LogP contribution in [0.25, 0.3) is 0 Å². The van der Waals surface area contributed by atoms with Gasteiger partial charge in [0.15, 0.2) is 17.3 Å². The molecule has 33 heavy (non-hydrogen) atoms. The topological polar surface area (TPSA) is 85.4 Å². The largest absolute Gasteiger partial charge is 0.493 e. The van der Waals surface area contributed by atoms with Crippen molar-refractivity contribution in [3.05, 3.63) is 53.6 Å². The fourth-order valence-electron chi connectivity index (χ4n) is 3.77. The second-order valence-corrected chi connectivity index (χ2v) is 9.85. The normalized spacial score (nSPS) is 14.9. The maximum absolute atomic E-state index is 13.5. The van der Waals surface area contributed by atoms with Crippen LogP contribution in [-0.2, 0) is 21.3 Å². The zero-order chi connectivity index (χ0) is 23.8. The number of hydrogen-bond donors (Lipinski definition) is 0. The molecule has 2 aromatic rings. The van der Waals surface area contributed by atoms with Crippen LogP contribution in [0.4, 0.5) is 0 Å². The van der Waals surface area contributed by atoms with Crippen molar-refractivity contribution in [2.24, 2.45) is 0 Å². The van der Waals surface area contributed by atoms with Crippen LogP contribution in [0, 0.1) is 0 Å². The molecule has 0 aliphatic carbocycles. The van der Waals surface area contributed by atoms with Crippen molar-refractivity contribution in [2.75, 3.05) is 53.6 Å². The third kappa shape index (κ3) is 6.54. The summed E-state index contributed by atoms with van der Waals surface area (Å²) in [6.07, 6.45) is 0.693. The van der Waals surface area contributed by atoms with Crippen molar-refractivity contribution >= 4 is 15.8 Å². The molecule has 0 bridgehead atoms. The number of morpholine rings is 1. The number of methoxy groups -OCH3 is 2. The number of benzene rings is 2. The Balaban J connectivity index is 1.82. The zero-order valence-corrected chi connectivity index (χ0v) is 20.3. The van der Waals surface area contributed by atoms with Crippen molar-refractivity contribution in [1.29, 1.82) is 0 Å². The molecule has 1 fully saturated rings. The Morgan fingerprint density at radius 2 is 1.70 bits per heavy atom. The standard InChI is InChI=1S/C24H32N2O6S/c1-19(27)21-6-8-22(9-7-21)33(28,29)26(12-4-11-25-13-15-32-16-14-25)18-20-5-10-23(30-2)24(17-20)31-3/h5-10,17H,4,11-16,18H2,1-3H3. The van der Waals surface area contributed by atoms with Gasteiger partial charge in [0.1, 0.15) is 0 Å². The fourth-order valence-corrected chi connectivity index (χ4v) is 5.24. The van der Waals surface area contributed by atoms with Gasteiger partial charge in [0.2, 0.25) is 10.0 Å². The molecule has 8 nitrogen and oxygen atoms in total. The first-order valence-corrected chi connectivity index (χ1v) is 12.4. The SMILES string of the molecule is COc1ccc(CN(CCCN2CCOCC2)S(=O)(=O)c2ccc(C(C)=O)cc2)cc1OC. The van der Waals surface area contributed by atoms with Gasteiger partial charge in [-0.1, -0.05) is 18.2 Å². The number of rotatable bonds is 11. The van der Waals surface area contributed by atoms with Gasteiger partial charge in [0.05, 0.1) is 32.3 Å². The number of ketones is 1. The van der Waals surface area contributed by atoms with Gasteiger partial charge in [-0.3, -0.25) is 9.69 Å².